The Morgan fingerprint density at radius 3 is 2.70 bits per heavy atom. The van der Waals surface area contributed by atoms with Gasteiger partial charge >= 0.3 is 5.97 Å². The van der Waals surface area contributed by atoms with Gasteiger partial charge in [0.05, 0.1) is 5.56 Å². The van der Waals surface area contributed by atoms with E-state index >= 15 is 0 Å². The van der Waals surface area contributed by atoms with Crippen LogP contribution in [0.1, 0.15) is 56.8 Å². The summed E-state index contributed by atoms with van der Waals surface area (Å²) in [6.45, 7) is 1.24. The molecule has 0 unspecified atom stereocenters. The summed E-state index contributed by atoms with van der Waals surface area (Å²) in [4.78, 5) is 44.4. The maximum absolute atomic E-state index is 12.6. The number of rotatable bonds is 6. The largest absolute Gasteiger partial charge is 0.452 e. The van der Waals surface area contributed by atoms with Crippen LogP contribution in [0.15, 0.2) is 18.3 Å². The van der Waals surface area contributed by atoms with Crippen LogP contribution in [0.5, 0.6) is 0 Å². The van der Waals surface area contributed by atoms with Crippen molar-refractivity contribution in [2.45, 2.75) is 38.5 Å². The molecule has 9 heteroatoms. The van der Waals surface area contributed by atoms with Gasteiger partial charge in [0.15, 0.2) is 6.61 Å². The van der Waals surface area contributed by atoms with E-state index in [1.54, 1.807) is 18.3 Å². The third-order valence-electron chi connectivity index (χ3n) is 5.42. The number of carbonyl (C=O) groups is 3. The molecule has 4 rings (SSSR count). The number of fused-ring (bicyclic) bond motifs is 1. The zero-order valence-electron chi connectivity index (χ0n) is 16.6. The third kappa shape index (κ3) is 4.16. The van der Waals surface area contributed by atoms with Gasteiger partial charge in [-0.3, -0.25) is 9.59 Å². The van der Waals surface area contributed by atoms with E-state index in [1.807, 2.05) is 4.90 Å². The fourth-order valence-corrected chi connectivity index (χ4v) is 5.33. The molecule has 2 aromatic heterocycles. The van der Waals surface area contributed by atoms with Crippen molar-refractivity contribution in [3.63, 3.8) is 0 Å². The van der Waals surface area contributed by atoms with Gasteiger partial charge in [-0.05, 0) is 56.2 Å². The number of pyridine rings is 1. The number of anilines is 2. The second-order valence-electron chi connectivity index (χ2n) is 7.47. The van der Waals surface area contributed by atoms with Crippen molar-refractivity contribution in [2.75, 3.05) is 29.9 Å². The normalized spacial score (nSPS) is 15.5. The van der Waals surface area contributed by atoms with E-state index in [0.717, 1.165) is 62.1 Å². The van der Waals surface area contributed by atoms with Crippen LogP contribution in [0.4, 0.5) is 10.8 Å². The summed E-state index contributed by atoms with van der Waals surface area (Å²) in [7, 11) is 0. The van der Waals surface area contributed by atoms with Gasteiger partial charge in [0, 0.05) is 24.2 Å². The van der Waals surface area contributed by atoms with E-state index in [9.17, 15) is 14.4 Å². The van der Waals surface area contributed by atoms with Gasteiger partial charge in [0.2, 0.25) is 0 Å². The Morgan fingerprint density at radius 1 is 1.17 bits per heavy atom. The molecule has 0 aromatic carbocycles. The number of amides is 2. The SMILES string of the molecule is NC(=O)c1c(NC(=O)COC(=O)c2cccnc2N2CCCC2)sc2c1CCCC2. The van der Waals surface area contributed by atoms with Crippen molar-refractivity contribution in [3.05, 3.63) is 39.9 Å². The average molecular weight is 429 g/mol. The van der Waals surface area contributed by atoms with Crippen molar-refractivity contribution in [1.82, 2.24) is 4.98 Å². The lowest BCUT2D eigenvalue weighted by Gasteiger charge is -2.18. The Morgan fingerprint density at radius 2 is 1.93 bits per heavy atom. The zero-order chi connectivity index (χ0) is 21.1. The molecule has 2 aliphatic rings. The van der Waals surface area contributed by atoms with E-state index in [1.165, 1.54) is 11.3 Å². The average Bonchev–Trinajstić information content (AvgIpc) is 3.39. The first-order chi connectivity index (χ1) is 14.5. The van der Waals surface area contributed by atoms with Crippen molar-refractivity contribution >= 4 is 39.9 Å². The van der Waals surface area contributed by atoms with Gasteiger partial charge in [-0.15, -0.1) is 11.3 Å². The summed E-state index contributed by atoms with van der Waals surface area (Å²) in [5, 5.41) is 3.14. The summed E-state index contributed by atoms with van der Waals surface area (Å²) in [6.07, 6.45) is 7.48. The highest BCUT2D eigenvalue weighted by atomic mass is 32.1. The number of primary amides is 1. The molecule has 0 saturated carbocycles. The van der Waals surface area contributed by atoms with E-state index in [-0.39, 0.29) is 0 Å². The minimum absolute atomic E-state index is 0.344. The number of thiophene rings is 1. The molecule has 30 heavy (non-hydrogen) atoms. The number of ether oxygens (including phenoxy) is 1. The second-order valence-corrected chi connectivity index (χ2v) is 8.58. The van der Waals surface area contributed by atoms with Gasteiger partial charge in [-0.25, -0.2) is 9.78 Å². The maximum atomic E-state index is 12.6. The van der Waals surface area contributed by atoms with Gasteiger partial charge in [-0.2, -0.15) is 0 Å². The molecule has 158 valence electrons. The number of nitrogens with zero attached hydrogens (tertiary/aromatic N) is 2. The summed E-state index contributed by atoms with van der Waals surface area (Å²) in [5.74, 6) is -1.06. The van der Waals surface area contributed by atoms with Crippen LogP contribution < -0.4 is 16.0 Å². The predicted molar refractivity (Wildman–Crippen MR) is 114 cm³/mol. The van der Waals surface area contributed by atoms with E-state index in [0.29, 0.717) is 21.9 Å². The van der Waals surface area contributed by atoms with Crippen LogP contribution in [-0.4, -0.2) is 42.5 Å². The first-order valence-electron chi connectivity index (χ1n) is 10.2. The lowest BCUT2D eigenvalue weighted by Crippen LogP contribution is -2.25. The maximum Gasteiger partial charge on any atom is 0.342 e. The summed E-state index contributed by atoms with van der Waals surface area (Å²) in [5.41, 5.74) is 7.23. The Hall–Kier alpha value is -2.94. The molecular formula is C21H24N4O4S. The van der Waals surface area contributed by atoms with Crippen molar-refractivity contribution in [1.29, 1.82) is 0 Å². The van der Waals surface area contributed by atoms with Crippen molar-refractivity contribution < 1.29 is 19.1 Å². The van der Waals surface area contributed by atoms with Crippen LogP contribution >= 0.6 is 11.3 Å². The van der Waals surface area contributed by atoms with Crippen LogP contribution in [0.25, 0.3) is 0 Å². The topological polar surface area (TPSA) is 115 Å². The molecule has 1 aliphatic heterocycles. The first kappa shape index (κ1) is 20.3. The van der Waals surface area contributed by atoms with Crippen LogP contribution in [-0.2, 0) is 22.4 Å². The lowest BCUT2D eigenvalue weighted by atomic mass is 9.95. The number of carbonyl (C=O) groups excluding carboxylic acids is 3. The van der Waals surface area contributed by atoms with Crippen molar-refractivity contribution in [2.24, 2.45) is 5.73 Å². The second kappa shape index (κ2) is 8.83. The summed E-state index contributed by atoms with van der Waals surface area (Å²) in [6, 6.07) is 3.32. The molecule has 1 fully saturated rings. The molecule has 0 spiro atoms. The number of aromatic nitrogens is 1. The highest BCUT2D eigenvalue weighted by Crippen LogP contribution is 2.37. The molecule has 0 radical (unpaired) electrons. The minimum atomic E-state index is -0.597. The number of aryl methyl sites for hydroxylation is 1. The van der Waals surface area contributed by atoms with Gasteiger partial charge < -0.3 is 20.7 Å². The van der Waals surface area contributed by atoms with Crippen LogP contribution in [0, 0.1) is 0 Å². The molecule has 8 nitrogen and oxygen atoms in total. The van der Waals surface area contributed by atoms with E-state index in [2.05, 4.69) is 10.3 Å². The van der Waals surface area contributed by atoms with Gasteiger partial charge in [0.25, 0.3) is 11.8 Å². The number of hydrogen-bond donors (Lipinski definition) is 2. The lowest BCUT2D eigenvalue weighted by molar-refractivity contribution is -0.119. The molecule has 0 atom stereocenters. The van der Waals surface area contributed by atoms with Crippen LogP contribution in [0.3, 0.4) is 0 Å². The monoisotopic (exact) mass is 428 g/mol. The highest BCUT2D eigenvalue weighted by Gasteiger charge is 2.26. The highest BCUT2D eigenvalue weighted by molar-refractivity contribution is 7.17. The predicted octanol–water partition coefficient (Wildman–Crippen LogP) is 2.52. The Balaban J connectivity index is 1.42. The molecule has 2 aromatic rings. The smallest absolute Gasteiger partial charge is 0.342 e. The van der Waals surface area contributed by atoms with Gasteiger partial charge in [-0.1, -0.05) is 0 Å². The molecular weight excluding hydrogens is 404 g/mol. The fourth-order valence-electron chi connectivity index (χ4n) is 4.02. The Kier molecular flexibility index (Phi) is 5.98. The summed E-state index contributed by atoms with van der Waals surface area (Å²) < 4.78 is 5.24. The van der Waals surface area contributed by atoms with Crippen LogP contribution in [0.2, 0.25) is 0 Å². The fraction of sp³-hybridized carbons (Fsp3) is 0.429. The molecule has 0 bridgehead atoms. The zero-order valence-corrected chi connectivity index (χ0v) is 17.4. The molecule has 1 saturated heterocycles. The van der Waals surface area contributed by atoms with E-state index < -0.39 is 24.4 Å². The molecule has 3 heterocycles. The number of nitrogens with one attached hydrogen (secondary N) is 1. The summed E-state index contributed by atoms with van der Waals surface area (Å²) >= 11 is 1.38. The number of esters is 1. The Labute approximate surface area is 178 Å². The molecule has 2 amide bonds. The number of hydrogen-bond acceptors (Lipinski definition) is 7. The third-order valence-corrected chi connectivity index (χ3v) is 6.62. The Bertz CT molecular complexity index is 981. The standard InChI is InChI=1S/C21H24N4O4S/c22-18(27)17-13-6-1-2-8-15(13)30-20(17)24-16(26)12-29-21(28)14-7-5-9-23-19(14)25-10-3-4-11-25/h5,7,9H,1-4,6,8,10-12H2,(H2,22,27)(H,24,26). The quantitative estimate of drug-likeness (QED) is 0.683. The first-order valence-corrected chi connectivity index (χ1v) is 11.0. The molecule has 1 aliphatic carbocycles. The number of nitrogens with two attached hydrogens (primary N) is 1. The van der Waals surface area contributed by atoms with Gasteiger partial charge in [0.1, 0.15) is 16.4 Å². The van der Waals surface area contributed by atoms with Crippen molar-refractivity contribution in [3.8, 4) is 0 Å². The minimum Gasteiger partial charge on any atom is -0.452 e. The molecule has 3 N–H and O–H groups in total. The van der Waals surface area contributed by atoms with E-state index in [4.69, 9.17) is 10.5 Å².